The van der Waals surface area contributed by atoms with E-state index in [1.165, 1.54) is 0 Å². The number of aromatic amines is 1. The summed E-state index contributed by atoms with van der Waals surface area (Å²) in [6.07, 6.45) is 0. The first kappa shape index (κ1) is 14.4. The van der Waals surface area contributed by atoms with Crippen LogP contribution in [0.15, 0.2) is 17.5 Å². The number of nitrogens with zero attached hydrogens (tertiary/aromatic N) is 4. The third-order valence-electron chi connectivity index (χ3n) is 3.90. The number of hydrogen-bond donors (Lipinski definition) is 3. The minimum atomic E-state index is 0.441. The van der Waals surface area contributed by atoms with E-state index in [2.05, 4.69) is 32.7 Å². The standard InChI is InChI=1S/C15H19N7S/c1-9-7-12(21-20-9)18-14-13-11(3-6-23-13)17-15(19-14)22-5-4-16-10(2)8-22/h3,6-7,10,16H,4-5,8H2,1-2H3,(H2,17,18,19,20,21). The van der Waals surface area contributed by atoms with Crippen LogP contribution in [0.1, 0.15) is 12.6 Å². The molecule has 1 saturated heterocycles. The van der Waals surface area contributed by atoms with Gasteiger partial charge in [0.05, 0.1) is 10.2 Å². The van der Waals surface area contributed by atoms with Gasteiger partial charge in [-0.3, -0.25) is 5.10 Å². The van der Waals surface area contributed by atoms with Crippen LogP contribution in [-0.4, -0.2) is 45.8 Å². The molecule has 3 aromatic heterocycles. The van der Waals surface area contributed by atoms with Crippen LogP contribution in [0, 0.1) is 6.92 Å². The highest BCUT2D eigenvalue weighted by Crippen LogP contribution is 2.30. The molecule has 0 amide bonds. The summed E-state index contributed by atoms with van der Waals surface area (Å²) in [6.45, 7) is 6.94. The monoisotopic (exact) mass is 329 g/mol. The fraction of sp³-hybridized carbons (Fsp3) is 0.400. The van der Waals surface area contributed by atoms with Gasteiger partial charge in [0, 0.05) is 37.4 Å². The van der Waals surface area contributed by atoms with Gasteiger partial charge in [0.1, 0.15) is 0 Å². The lowest BCUT2D eigenvalue weighted by molar-refractivity contribution is 0.480. The molecule has 0 aromatic carbocycles. The summed E-state index contributed by atoms with van der Waals surface area (Å²) in [5, 5.41) is 16.0. The Morgan fingerprint density at radius 1 is 1.39 bits per heavy atom. The van der Waals surface area contributed by atoms with Crippen LogP contribution >= 0.6 is 11.3 Å². The van der Waals surface area contributed by atoms with Crippen molar-refractivity contribution >= 4 is 39.1 Å². The number of fused-ring (bicyclic) bond motifs is 1. The molecular formula is C15H19N7S. The first-order valence-electron chi connectivity index (χ1n) is 7.71. The Morgan fingerprint density at radius 3 is 3.09 bits per heavy atom. The van der Waals surface area contributed by atoms with Crippen molar-refractivity contribution in [2.75, 3.05) is 29.9 Å². The van der Waals surface area contributed by atoms with Crippen LogP contribution in [0.25, 0.3) is 10.2 Å². The van der Waals surface area contributed by atoms with Crippen LogP contribution < -0.4 is 15.5 Å². The van der Waals surface area contributed by atoms with E-state index < -0.39 is 0 Å². The van der Waals surface area contributed by atoms with Gasteiger partial charge in [-0.05, 0) is 25.3 Å². The lowest BCUT2D eigenvalue weighted by Gasteiger charge is -2.32. The number of piperazine rings is 1. The maximum Gasteiger partial charge on any atom is 0.228 e. The molecule has 0 spiro atoms. The maximum atomic E-state index is 4.77. The fourth-order valence-corrected chi connectivity index (χ4v) is 3.57. The van der Waals surface area contributed by atoms with Crippen LogP contribution in [0.5, 0.6) is 0 Å². The van der Waals surface area contributed by atoms with Crippen LogP contribution in [0.4, 0.5) is 17.6 Å². The summed E-state index contributed by atoms with van der Waals surface area (Å²) in [6, 6.07) is 4.45. The van der Waals surface area contributed by atoms with Crippen molar-refractivity contribution in [3.05, 3.63) is 23.2 Å². The fourth-order valence-electron chi connectivity index (χ4n) is 2.79. The molecule has 1 atom stereocenters. The van der Waals surface area contributed by atoms with Crippen molar-refractivity contribution < 1.29 is 0 Å². The number of aryl methyl sites for hydroxylation is 1. The number of anilines is 3. The number of H-pyrrole nitrogens is 1. The van der Waals surface area contributed by atoms with Gasteiger partial charge in [-0.2, -0.15) is 10.1 Å². The Kier molecular flexibility index (Phi) is 3.62. The molecular weight excluding hydrogens is 310 g/mol. The average molecular weight is 329 g/mol. The number of aromatic nitrogens is 4. The van der Waals surface area contributed by atoms with Crippen molar-refractivity contribution in [3.63, 3.8) is 0 Å². The molecule has 1 unspecified atom stereocenters. The minimum absolute atomic E-state index is 0.441. The summed E-state index contributed by atoms with van der Waals surface area (Å²) < 4.78 is 1.05. The Balaban J connectivity index is 1.72. The van der Waals surface area contributed by atoms with Crippen molar-refractivity contribution in [1.82, 2.24) is 25.5 Å². The van der Waals surface area contributed by atoms with Gasteiger partial charge in [0.15, 0.2) is 11.6 Å². The van der Waals surface area contributed by atoms with Gasteiger partial charge >= 0.3 is 0 Å². The lowest BCUT2D eigenvalue weighted by Crippen LogP contribution is -2.49. The Labute approximate surface area is 138 Å². The van der Waals surface area contributed by atoms with Crippen molar-refractivity contribution in [2.24, 2.45) is 0 Å². The molecule has 4 rings (SSSR count). The lowest BCUT2D eigenvalue weighted by atomic mass is 10.2. The molecule has 1 fully saturated rings. The van der Waals surface area contributed by atoms with Crippen LogP contribution in [0.2, 0.25) is 0 Å². The van der Waals surface area contributed by atoms with Crippen molar-refractivity contribution in [2.45, 2.75) is 19.9 Å². The van der Waals surface area contributed by atoms with Gasteiger partial charge in [-0.15, -0.1) is 11.3 Å². The topological polar surface area (TPSA) is 81.8 Å². The summed E-state index contributed by atoms with van der Waals surface area (Å²) in [4.78, 5) is 11.7. The quantitative estimate of drug-likeness (QED) is 0.684. The molecule has 1 aliphatic rings. The molecule has 0 saturated carbocycles. The molecule has 7 nitrogen and oxygen atoms in total. The predicted octanol–water partition coefficient (Wildman–Crippen LogP) is 2.26. The van der Waals surface area contributed by atoms with Gasteiger partial charge in [0.2, 0.25) is 5.95 Å². The second-order valence-electron chi connectivity index (χ2n) is 5.87. The molecule has 0 radical (unpaired) electrons. The number of thiophene rings is 1. The normalized spacial score (nSPS) is 18.5. The summed E-state index contributed by atoms with van der Waals surface area (Å²) in [5.74, 6) is 2.37. The Bertz CT molecular complexity index is 824. The molecule has 0 aliphatic carbocycles. The molecule has 8 heteroatoms. The molecule has 0 bridgehead atoms. The molecule has 3 N–H and O–H groups in total. The van der Waals surface area contributed by atoms with Gasteiger partial charge in [-0.25, -0.2) is 4.98 Å². The van der Waals surface area contributed by atoms with Gasteiger partial charge in [0.25, 0.3) is 0 Å². The van der Waals surface area contributed by atoms with Gasteiger partial charge in [-0.1, -0.05) is 0 Å². The highest BCUT2D eigenvalue weighted by molar-refractivity contribution is 7.17. The van der Waals surface area contributed by atoms with Crippen LogP contribution in [0.3, 0.4) is 0 Å². The van der Waals surface area contributed by atoms with E-state index in [-0.39, 0.29) is 0 Å². The minimum Gasteiger partial charge on any atom is -0.338 e. The highest BCUT2D eigenvalue weighted by atomic mass is 32.1. The number of hydrogen-bond acceptors (Lipinski definition) is 7. The molecule has 120 valence electrons. The summed E-state index contributed by atoms with van der Waals surface area (Å²) >= 11 is 1.64. The Hall–Kier alpha value is -2.19. The van der Waals surface area contributed by atoms with E-state index in [4.69, 9.17) is 9.97 Å². The zero-order valence-electron chi connectivity index (χ0n) is 13.1. The van der Waals surface area contributed by atoms with E-state index in [1.807, 2.05) is 24.4 Å². The molecule has 3 aromatic rings. The highest BCUT2D eigenvalue weighted by Gasteiger charge is 2.20. The third kappa shape index (κ3) is 2.87. The second kappa shape index (κ2) is 5.78. The number of nitrogens with one attached hydrogen (secondary N) is 3. The smallest absolute Gasteiger partial charge is 0.228 e. The first-order valence-corrected chi connectivity index (χ1v) is 8.59. The van der Waals surface area contributed by atoms with Crippen molar-refractivity contribution in [1.29, 1.82) is 0 Å². The van der Waals surface area contributed by atoms with E-state index in [0.717, 1.165) is 53.1 Å². The molecule has 1 aliphatic heterocycles. The van der Waals surface area contributed by atoms with E-state index >= 15 is 0 Å². The molecule has 4 heterocycles. The molecule has 23 heavy (non-hydrogen) atoms. The maximum absolute atomic E-state index is 4.77. The Morgan fingerprint density at radius 2 is 2.30 bits per heavy atom. The largest absolute Gasteiger partial charge is 0.338 e. The summed E-state index contributed by atoms with van der Waals surface area (Å²) in [7, 11) is 0. The average Bonchev–Trinajstić information content (AvgIpc) is 3.16. The zero-order valence-corrected chi connectivity index (χ0v) is 13.9. The van der Waals surface area contributed by atoms with Crippen molar-refractivity contribution in [3.8, 4) is 0 Å². The van der Waals surface area contributed by atoms with E-state index in [1.54, 1.807) is 11.3 Å². The summed E-state index contributed by atoms with van der Waals surface area (Å²) in [5.41, 5.74) is 1.99. The SMILES string of the molecule is Cc1cc(Nc2nc(N3CCNC(C)C3)nc3ccsc23)n[nH]1. The zero-order chi connectivity index (χ0) is 15.8. The predicted molar refractivity (Wildman–Crippen MR) is 93.7 cm³/mol. The van der Waals surface area contributed by atoms with Crippen LogP contribution in [-0.2, 0) is 0 Å². The second-order valence-corrected chi connectivity index (χ2v) is 6.79. The van der Waals surface area contributed by atoms with E-state index in [0.29, 0.717) is 6.04 Å². The first-order chi connectivity index (χ1) is 11.2. The number of rotatable bonds is 3. The third-order valence-corrected chi connectivity index (χ3v) is 4.81. The van der Waals surface area contributed by atoms with E-state index in [9.17, 15) is 0 Å². The van der Waals surface area contributed by atoms with Gasteiger partial charge < -0.3 is 15.5 Å².